The molecule has 3 rings (SSSR count). The minimum atomic E-state index is -4.30. The van der Waals surface area contributed by atoms with Crippen LogP contribution >= 0.6 is 0 Å². The lowest BCUT2D eigenvalue weighted by Gasteiger charge is -2.30. The standard InChI is InChI=1S/C21H25F3N2O2/c1-27-19-8-7-16(13-20(19)28-2)14-25-9-11-26(12-10-25)15-17-5-3-4-6-18(17)21(22,23)24/h3-8,13H,9-12,14-15H2,1-2H3/p+2. The molecule has 0 saturated carbocycles. The third-order valence-corrected chi connectivity index (χ3v) is 5.33. The Labute approximate surface area is 163 Å². The predicted octanol–water partition coefficient (Wildman–Crippen LogP) is 1.21. The molecule has 0 bridgehead atoms. The molecule has 7 heteroatoms. The van der Waals surface area contributed by atoms with E-state index >= 15 is 0 Å². The SMILES string of the molecule is COc1ccc(C[NH+]2CC[NH+](Cc3ccccc3C(F)(F)F)CC2)cc1OC. The van der Waals surface area contributed by atoms with Crippen LogP contribution in [0.5, 0.6) is 11.5 Å². The topological polar surface area (TPSA) is 27.3 Å². The maximum atomic E-state index is 13.2. The Morgan fingerprint density at radius 1 is 0.821 bits per heavy atom. The maximum Gasteiger partial charge on any atom is 0.416 e. The van der Waals surface area contributed by atoms with Gasteiger partial charge in [-0.3, -0.25) is 0 Å². The number of quaternary nitrogens is 2. The van der Waals surface area contributed by atoms with Crippen LogP contribution in [-0.2, 0) is 19.3 Å². The molecule has 0 spiro atoms. The Kier molecular flexibility index (Phi) is 6.46. The molecule has 1 fully saturated rings. The molecule has 1 heterocycles. The van der Waals surface area contributed by atoms with E-state index in [0.717, 1.165) is 32.7 Å². The van der Waals surface area contributed by atoms with Crippen molar-refractivity contribution < 1.29 is 32.4 Å². The Hall–Kier alpha value is -2.25. The lowest BCUT2D eigenvalue weighted by molar-refractivity contribution is -1.02. The molecule has 2 N–H and O–H groups in total. The van der Waals surface area contributed by atoms with Crippen molar-refractivity contribution in [3.63, 3.8) is 0 Å². The summed E-state index contributed by atoms with van der Waals surface area (Å²) < 4.78 is 50.2. The lowest BCUT2D eigenvalue weighted by Crippen LogP contribution is -3.27. The van der Waals surface area contributed by atoms with Crippen molar-refractivity contribution in [1.29, 1.82) is 0 Å². The molecule has 0 aliphatic carbocycles. The zero-order valence-corrected chi connectivity index (χ0v) is 16.2. The van der Waals surface area contributed by atoms with Gasteiger partial charge in [0, 0.05) is 11.1 Å². The predicted molar refractivity (Wildman–Crippen MR) is 99.8 cm³/mol. The Morgan fingerprint density at radius 3 is 2.04 bits per heavy atom. The number of rotatable bonds is 6. The highest BCUT2D eigenvalue weighted by Gasteiger charge is 2.34. The van der Waals surface area contributed by atoms with E-state index in [0.29, 0.717) is 23.6 Å². The van der Waals surface area contributed by atoms with Crippen LogP contribution in [0.2, 0.25) is 0 Å². The van der Waals surface area contributed by atoms with Gasteiger partial charge in [-0.05, 0) is 24.3 Å². The Balaban J connectivity index is 1.57. The van der Waals surface area contributed by atoms with Crippen molar-refractivity contribution in [3.05, 3.63) is 59.2 Å². The molecule has 2 aromatic rings. The zero-order valence-electron chi connectivity index (χ0n) is 16.2. The van der Waals surface area contributed by atoms with Crippen LogP contribution in [-0.4, -0.2) is 40.4 Å². The molecule has 28 heavy (non-hydrogen) atoms. The average molecular weight is 396 g/mol. The first kappa shape index (κ1) is 20.5. The second-order valence-corrected chi connectivity index (χ2v) is 7.20. The number of ether oxygens (including phenoxy) is 2. The van der Waals surface area contributed by atoms with E-state index in [1.165, 1.54) is 27.5 Å². The van der Waals surface area contributed by atoms with Gasteiger partial charge in [0.15, 0.2) is 11.5 Å². The summed E-state index contributed by atoms with van der Waals surface area (Å²) in [6.45, 7) is 4.85. The molecule has 0 unspecified atom stereocenters. The van der Waals surface area contributed by atoms with Crippen molar-refractivity contribution in [3.8, 4) is 11.5 Å². The van der Waals surface area contributed by atoms with Crippen molar-refractivity contribution in [2.24, 2.45) is 0 Å². The number of methoxy groups -OCH3 is 2. The van der Waals surface area contributed by atoms with Crippen LogP contribution in [0.3, 0.4) is 0 Å². The third kappa shape index (κ3) is 4.97. The van der Waals surface area contributed by atoms with Crippen LogP contribution in [0.15, 0.2) is 42.5 Å². The molecule has 0 atom stereocenters. The fraction of sp³-hybridized carbons (Fsp3) is 0.429. The summed E-state index contributed by atoms with van der Waals surface area (Å²) in [6, 6.07) is 11.8. The summed E-state index contributed by atoms with van der Waals surface area (Å²) in [6.07, 6.45) is -4.30. The summed E-state index contributed by atoms with van der Waals surface area (Å²) in [4.78, 5) is 2.63. The smallest absolute Gasteiger partial charge is 0.416 e. The highest BCUT2D eigenvalue weighted by Crippen LogP contribution is 2.31. The number of hydrogen-bond donors (Lipinski definition) is 2. The average Bonchev–Trinajstić information content (AvgIpc) is 2.69. The molecule has 152 valence electrons. The van der Waals surface area contributed by atoms with Crippen LogP contribution in [0, 0.1) is 0 Å². The van der Waals surface area contributed by atoms with Gasteiger partial charge in [-0.25, -0.2) is 0 Å². The largest absolute Gasteiger partial charge is 0.493 e. The fourth-order valence-corrected chi connectivity index (χ4v) is 3.81. The maximum absolute atomic E-state index is 13.2. The van der Waals surface area contributed by atoms with Gasteiger partial charge in [-0.15, -0.1) is 0 Å². The van der Waals surface area contributed by atoms with E-state index in [1.807, 2.05) is 18.2 Å². The first-order valence-electron chi connectivity index (χ1n) is 9.44. The molecular formula is C21H27F3N2O2+2. The van der Waals surface area contributed by atoms with Gasteiger partial charge < -0.3 is 19.3 Å². The third-order valence-electron chi connectivity index (χ3n) is 5.33. The molecule has 0 amide bonds. The summed E-state index contributed by atoms with van der Waals surface area (Å²) in [5, 5.41) is 0. The molecular weight excluding hydrogens is 369 g/mol. The number of hydrogen-bond acceptors (Lipinski definition) is 2. The number of halogens is 3. The summed E-state index contributed by atoms with van der Waals surface area (Å²) in [5.41, 5.74) is 1.04. The fourth-order valence-electron chi connectivity index (χ4n) is 3.81. The number of piperazine rings is 1. The Bertz CT molecular complexity index is 787. The van der Waals surface area contributed by atoms with E-state index in [4.69, 9.17) is 9.47 Å². The Morgan fingerprint density at radius 2 is 1.43 bits per heavy atom. The molecule has 1 aliphatic rings. The van der Waals surface area contributed by atoms with E-state index in [2.05, 4.69) is 0 Å². The monoisotopic (exact) mass is 396 g/mol. The molecule has 0 radical (unpaired) electrons. The van der Waals surface area contributed by atoms with Crippen molar-refractivity contribution in [1.82, 2.24) is 0 Å². The van der Waals surface area contributed by atoms with E-state index < -0.39 is 11.7 Å². The second kappa shape index (κ2) is 8.84. The van der Waals surface area contributed by atoms with Gasteiger partial charge >= 0.3 is 6.18 Å². The van der Waals surface area contributed by atoms with E-state index in [1.54, 1.807) is 26.4 Å². The first-order valence-corrected chi connectivity index (χ1v) is 9.44. The lowest BCUT2D eigenvalue weighted by atomic mass is 10.1. The number of benzene rings is 2. The number of nitrogens with one attached hydrogen (secondary N) is 2. The first-order chi connectivity index (χ1) is 13.4. The minimum absolute atomic E-state index is 0.383. The summed E-state index contributed by atoms with van der Waals surface area (Å²) in [7, 11) is 3.23. The van der Waals surface area contributed by atoms with E-state index in [9.17, 15) is 13.2 Å². The van der Waals surface area contributed by atoms with Crippen molar-refractivity contribution in [2.75, 3.05) is 40.4 Å². The van der Waals surface area contributed by atoms with Gasteiger partial charge in [-0.2, -0.15) is 13.2 Å². The van der Waals surface area contributed by atoms with Gasteiger partial charge in [0.25, 0.3) is 0 Å². The van der Waals surface area contributed by atoms with Crippen LogP contribution < -0.4 is 19.3 Å². The van der Waals surface area contributed by atoms with Crippen molar-refractivity contribution >= 4 is 0 Å². The van der Waals surface area contributed by atoms with Gasteiger partial charge in [0.1, 0.15) is 39.3 Å². The van der Waals surface area contributed by atoms with E-state index in [-0.39, 0.29) is 0 Å². The molecule has 1 aliphatic heterocycles. The summed E-state index contributed by atoms with van der Waals surface area (Å²) >= 11 is 0. The quantitative estimate of drug-likeness (QED) is 0.768. The van der Waals surface area contributed by atoms with Crippen LogP contribution in [0.4, 0.5) is 13.2 Å². The molecule has 1 saturated heterocycles. The highest BCUT2D eigenvalue weighted by molar-refractivity contribution is 5.42. The number of alkyl halides is 3. The van der Waals surface area contributed by atoms with Crippen molar-refractivity contribution in [2.45, 2.75) is 19.3 Å². The van der Waals surface area contributed by atoms with Crippen LogP contribution in [0.1, 0.15) is 16.7 Å². The molecule has 2 aromatic carbocycles. The summed E-state index contributed by atoms with van der Waals surface area (Å²) in [5.74, 6) is 1.42. The van der Waals surface area contributed by atoms with Gasteiger partial charge in [0.2, 0.25) is 0 Å². The molecule has 0 aromatic heterocycles. The second-order valence-electron chi connectivity index (χ2n) is 7.20. The minimum Gasteiger partial charge on any atom is -0.493 e. The zero-order chi connectivity index (χ0) is 20.1. The van der Waals surface area contributed by atoms with Gasteiger partial charge in [-0.1, -0.05) is 18.2 Å². The molecule has 4 nitrogen and oxygen atoms in total. The van der Waals surface area contributed by atoms with Crippen LogP contribution in [0.25, 0.3) is 0 Å². The van der Waals surface area contributed by atoms with Gasteiger partial charge in [0.05, 0.1) is 19.8 Å². The normalized spacial score (nSPS) is 20.0. The highest BCUT2D eigenvalue weighted by atomic mass is 19.4.